The summed E-state index contributed by atoms with van der Waals surface area (Å²) in [6.45, 7) is 2.01. The van der Waals surface area contributed by atoms with Crippen LogP contribution in [0.4, 0.5) is 22.1 Å². The minimum Gasteiger partial charge on any atom is -0.482 e. The number of nitrogens with two attached hydrogens (primary N) is 1. The molecule has 0 saturated carbocycles. The predicted molar refractivity (Wildman–Crippen MR) is 109 cm³/mol. The highest BCUT2D eigenvalue weighted by Gasteiger charge is 2.32. The van der Waals surface area contributed by atoms with Gasteiger partial charge in [0.1, 0.15) is 17.6 Å². The van der Waals surface area contributed by atoms with Crippen molar-refractivity contribution in [1.82, 2.24) is 4.98 Å². The molecule has 0 bridgehead atoms. The molecule has 9 heteroatoms. The van der Waals surface area contributed by atoms with Crippen molar-refractivity contribution >= 4 is 53.9 Å². The van der Waals surface area contributed by atoms with E-state index in [4.69, 9.17) is 20.2 Å². The third-order valence-corrected chi connectivity index (χ3v) is 4.27. The van der Waals surface area contributed by atoms with Gasteiger partial charge in [-0.1, -0.05) is 24.3 Å². The topological polar surface area (TPSA) is 98.8 Å². The van der Waals surface area contributed by atoms with Crippen LogP contribution in [0.25, 0.3) is 0 Å². The van der Waals surface area contributed by atoms with Crippen molar-refractivity contribution in [2.75, 3.05) is 17.7 Å². The summed E-state index contributed by atoms with van der Waals surface area (Å²) in [5, 5.41) is 2.54. The summed E-state index contributed by atoms with van der Waals surface area (Å²) in [4.78, 5) is 20.5. The van der Waals surface area contributed by atoms with Gasteiger partial charge in [-0.25, -0.2) is 14.8 Å². The molecule has 0 radical (unpaired) electrons. The number of benzene rings is 1. The van der Waals surface area contributed by atoms with E-state index >= 15 is 0 Å². The number of aliphatic imine (C=N–C) groups is 1. The van der Waals surface area contributed by atoms with Crippen molar-refractivity contribution in [3.63, 3.8) is 0 Å². The number of hydrogen-bond donors (Lipinski definition) is 2. The second kappa shape index (κ2) is 8.45. The smallest absolute Gasteiger partial charge is 0.412 e. The zero-order valence-corrected chi connectivity index (χ0v) is 16.2. The van der Waals surface area contributed by atoms with E-state index in [0.717, 1.165) is 24.1 Å². The van der Waals surface area contributed by atoms with Crippen LogP contribution >= 0.6 is 24.8 Å². The second-order valence-electron chi connectivity index (χ2n) is 5.88. The van der Waals surface area contributed by atoms with Gasteiger partial charge in [-0.15, -0.1) is 24.8 Å². The van der Waals surface area contributed by atoms with Crippen molar-refractivity contribution in [3.8, 4) is 5.75 Å². The van der Waals surface area contributed by atoms with Gasteiger partial charge in [0.05, 0.1) is 12.3 Å². The fourth-order valence-electron chi connectivity index (χ4n) is 3.18. The second-order valence-corrected chi connectivity index (χ2v) is 5.88. The highest BCUT2D eigenvalue weighted by molar-refractivity contribution is 6.09. The molecule has 0 saturated heterocycles. The third-order valence-electron chi connectivity index (χ3n) is 4.27. The third kappa shape index (κ3) is 3.94. The van der Waals surface area contributed by atoms with Crippen LogP contribution in [0.3, 0.4) is 0 Å². The summed E-state index contributed by atoms with van der Waals surface area (Å²) in [7, 11) is 0. The van der Waals surface area contributed by atoms with Crippen LogP contribution in [-0.4, -0.2) is 29.5 Å². The van der Waals surface area contributed by atoms with Crippen LogP contribution in [-0.2, 0) is 11.2 Å². The largest absolute Gasteiger partial charge is 0.482 e. The summed E-state index contributed by atoms with van der Waals surface area (Å²) in [6, 6.07) is 9.81. The van der Waals surface area contributed by atoms with Gasteiger partial charge < -0.3 is 15.2 Å². The summed E-state index contributed by atoms with van der Waals surface area (Å²) in [6.07, 6.45) is 1.07. The molecule has 0 fully saturated rings. The lowest BCUT2D eigenvalue weighted by Gasteiger charge is -2.31. The van der Waals surface area contributed by atoms with Crippen molar-refractivity contribution in [1.29, 1.82) is 0 Å². The van der Waals surface area contributed by atoms with E-state index in [1.807, 2.05) is 12.1 Å². The first-order valence-electron chi connectivity index (χ1n) is 8.23. The Hall–Kier alpha value is -2.51. The van der Waals surface area contributed by atoms with Crippen molar-refractivity contribution < 1.29 is 14.3 Å². The lowest BCUT2D eigenvalue weighted by molar-refractivity contribution is 0.168. The molecule has 1 amide bonds. The Morgan fingerprint density at radius 3 is 2.93 bits per heavy atom. The summed E-state index contributed by atoms with van der Waals surface area (Å²) >= 11 is 0. The van der Waals surface area contributed by atoms with E-state index < -0.39 is 6.09 Å². The minimum atomic E-state index is -0.582. The first-order chi connectivity index (χ1) is 12.2. The Balaban J connectivity index is 0.00000131. The Bertz CT molecular complexity index is 889. The maximum Gasteiger partial charge on any atom is 0.412 e. The predicted octanol–water partition coefficient (Wildman–Crippen LogP) is 3.90. The zero-order chi connectivity index (χ0) is 17.4. The Kier molecular flexibility index (Phi) is 6.51. The number of anilines is 2. The molecule has 3 N–H and O–H groups in total. The summed E-state index contributed by atoms with van der Waals surface area (Å²) in [5.74, 6) is 1.01. The number of nitrogens with zero attached hydrogens (tertiary/aromatic N) is 2. The monoisotopic (exact) mass is 410 g/mol. The van der Waals surface area contributed by atoms with Crippen LogP contribution in [0.2, 0.25) is 0 Å². The number of rotatable bonds is 2. The van der Waals surface area contributed by atoms with E-state index in [2.05, 4.69) is 22.4 Å². The SMILES string of the molecule is CCOC(=O)Nc1cc2c(c(N)n1)N=C1c3ccccc3CCC1O2.Cl.Cl. The minimum absolute atomic E-state index is 0. The van der Waals surface area contributed by atoms with Gasteiger partial charge in [0.25, 0.3) is 0 Å². The standard InChI is InChI=1S/C18H18N4O3.2ClH/c1-2-24-18(23)21-14-9-13-16(17(19)20-14)22-15-11-6-4-3-5-10(11)7-8-12(15)25-13;;/h3-6,9,12H,2,7-8H2,1H3,(H3,19,20,21,23);2*1H. The molecular formula is C18H20Cl2N4O3. The molecule has 1 aromatic heterocycles. The average molecular weight is 411 g/mol. The molecule has 2 aromatic rings. The van der Waals surface area contributed by atoms with Crippen LogP contribution < -0.4 is 15.8 Å². The Labute approximate surface area is 169 Å². The molecule has 2 heterocycles. The van der Waals surface area contributed by atoms with Gasteiger partial charge in [-0.3, -0.25) is 5.32 Å². The van der Waals surface area contributed by atoms with Crippen molar-refractivity contribution in [3.05, 3.63) is 41.5 Å². The molecule has 27 heavy (non-hydrogen) atoms. The summed E-state index contributed by atoms with van der Waals surface area (Å²) in [5.41, 5.74) is 9.78. The van der Waals surface area contributed by atoms with Crippen LogP contribution in [0.15, 0.2) is 35.3 Å². The van der Waals surface area contributed by atoms with E-state index in [1.165, 1.54) is 5.56 Å². The molecule has 1 aliphatic heterocycles. The normalized spacial score (nSPS) is 16.0. The first kappa shape index (κ1) is 20.8. The maximum absolute atomic E-state index is 11.6. The van der Waals surface area contributed by atoms with Gasteiger partial charge in [0, 0.05) is 11.6 Å². The number of amides is 1. The van der Waals surface area contributed by atoms with Crippen LogP contribution in [0, 0.1) is 0 Å². The van der Waals surface area contributed by atoms with E-state index in [0.29, 0.717) is 11.4 Å². The Morgan fingerprint density at radius 1 is 1.37 bits per heavy atom. The van der Waals surface area contributed by atoms with Crippen LogP contribution in [0.5, 0.6) is 5.75 Å². The molecule has 1 unspecified atom stereocenters. The summed E-state index contributed by atoms with van der Waals surface area (Å²) < 4.78 is 11.0. The molecular weight excluding hydrogens is 391 g/mol. The van der Waals surface area contributed by atoms with E-state index in [9.17, 15) is 4.79 Å². The number of hydrogen-bond acceptors (Lipinski definition) is 6. The average Bonchev–Trinajstić information content (AvgIpc) is 2.60. The molecule has 144 valence electrons. The number of ether oxygens (including phenoxy) is 2. The van der Waals surface area contributed by atoms with E-state index in [1.54, 1.807) is 13.0 Å². The van der Waals surface area contributed by atoms with Crippen LogP contribution in [0.1, 0.15) is 24.5 Å². The van der Waals surface area contributed by atoms with Crippen molar-refractivity contribution in [2.24, 2.45) is 4.99 Å². The molecule has 4 rings (SSSR count). The first-order valence-corrected chi connectivity index (χ1v) is 8.23. The van der Waals surface area contributed by atoms with Gasteiger partial charge >= 0.3 is 6.09 Å². The number of aryl methyl sites for hydroxylation is 1. The van der Waals surface area contributed by atoms with Gasteiger partial charge in [-0.05, 0) is 25.3 Å². The number of nitrogen functional groups attached to an aromatic ring is 1. The molecule has 1 aromatic carbocycles. The Morgan fingerprint density at radius 2 is 2.15 bits per heavy atom. The number of carbonyl (C=O) groups is 1. The molecule has 1 atom stereocenters. The molecule has 1 aliphatic carbocycles. The molecule has 2 aliphatic rings. The number of fused-ring (bicyclic) bond motifs is 4. The van der Waals surface area contributed by atoms with Gasteiger partial charge in [0.2, 0.25) is 0 Å². The van der Waals surface area contributed by atoms with Crippen molar-refractivity contribution in [2.45, 2.75) is 25.9 Å². The molecule has 0 spiro atoms. The lowest BCUT2D eigenvalue weighted by Crippen LogP contribution is -2.35. The van der Waals surface area contributed by atoms with Gasteiger partial charge in [-0.2, -0.15) is 0 Å². The fraction of sp³-hybridized carbons (Fsp3) is 0.278. The number of halogens is 2. The number of pyridine rings is 1. The number of carbonyl (C=O) groups excluding carboxylic acids is 1. The fourth-order valence-corrected chi connectivity index (χ4v) is 3.18. The number of aromatic nitrogens is 1. The highest BCUT2D eigenvalue weighted by Crippen LogP contribution is 2.41. The quantitative estimate of drug-likeness (QED) is 0.781. The van der Waals surface area contributed by atoms with Gasteiger partial charge in [0.15, 0.2) is 11.6 Å². The molecule has 7 nitrogen and oxygen atoms in total. The highest BCUT2D eigenvalue weighted by atomic mass is 35.5. The lowest BCUT2D eigenvalue weighted by atomic mass is 9.87. The number of nitrogens with one attached hydrogen (secondary N) is 1. The zero-order valence-electron chi connectivity index (χ0n) is 14.6. The van der Waals surface area contributed by atoms with E-state index in [-0.39, 0.29) is 49.2 Å². The maximum atomic E-state index is 11.6.